The lowest BCUT2D eigenvalue weighted by molar-refractivity contribution is 0.204. The lowest BCUT2D eigenvalue weighted by Gasteiger charge is -2.28. The summed E-state index contributed by atoms with van der Waals surface area (Å²) >= 11 is 0. The molecule has 0 heterocycles. The molecule has 0 aromatic rings. The molecule has 2 nitrogen and oxygen atoms in total. The molecule has 0 aromatic carbocycles. The minimum Gasteiger partial charge on any atom is -0.330 e. The molecule has 16 heavy (non-hydrogen) atoms. The molecular weight excluding hydrogens is 196 g/mol. The topological polar surface area (TPSA) is 29.3 Å². The van der Waals surface area contributed by atoms with Crippen molar-refractivity contribution in [2.45, 2.75) is 53.4 Å². The van der Waals surface area contributed by atoms with E-state index in [0.29, 0.717) is 5.92 Å². The fourth-order valence-corrected chi connectivity index (χ4v) is 2.13. The van der Waals surface area contributed by atoms with Gasteiger partial charge in [-0.1, -0.05) is 47.0 Å². The Morgan fingerprint density at radius 3 is 2.25 bits per heavy atom. The first-order valence-corrected chi connectivity index (χ1v) is 7.10. The van der Waals surface area contributed by atoms with Gasteiger partial charge in [0.05, 0.1) is 0 Å². The van der Waals surface area contributed by atoms with Gasteiger partial charge in [0.1, 0.15) is 0 Å². The van der Waals surface area contributed by atoms with Crippen molar-refractivity contribution >= 4 is 0 Å². The molecule has 0 spiro atoms. The second-order valence-electron chi connectivity index (χ2n) is 5.11. The summed E-state index contributed by atoms with van der Waals surface area (Å²) in [5, 5.41) is 0. The quantitative estimate of drug-likeness (QED) is 0.622. The van der Waals surface area contributed by atoms with Gasteiger partial charge in [0.25, 0.3) is 0 Å². The minimum atomic E-state index is 0.628. The van der Waals surface area contributed by atoms with Crippen LogP contribution in [0.15, 0.2) is 0 Å². The van der Waals surface area contributed by atoms with Gasteiger partial charge in [0, 0.05) is 13.1 Å². The van der Waals surface area contributed by atoms with Crippen LogP contribution in [-0.4, -0.2) is 31.1 Å². The van der Waals surface area contributed by atoms with Gasteiger partial charge in [0.2, 0.25) is 0 Å². The predicted molar refractivity (Wildman–Crippen MR) is 73.6 cm³/mol. The van der Waals surface area contributed by atoms with Crippen molar-refractivity contribution in [3.63, 3.8) is 0 Å². The van der Waals surface area contributed by atoms with Crippen molar-refractivity contribution in [3.8, 4) is 0 Å². The SMILES string of the molecule is CCCCC(CC)CN(CC)CC(C)CN. The van der Waals surface area contributed by atoms with E-state index < -0.39 is 0 Å². The van der Waals surface area contributed by atoms with Crippen molar-refractivity contribution in [1.82, 2.24) is 4.90 Å². The van der Waals surface area contributed by atoms with Crippen molar-refractivity contribution in [1.29, 1.82) is 0 Å². The minimum absolute atomic E-state index is 0.628. The first-order valence-electron chi connectivity index (χ1n) is 7.10. The highest BCUT2D eigenvalue weighted by Gasteiger charge is 2.13. The Labute approximate surface area is 103 Å². The summed E-state index contributed by atoms with van der Waals surface area (Å²) < 4.78 is 0. The summed E-state index contributed by atoms with van der Waals surface area (Å²) in [7, 11) is 0. The Kier molecular flexibility index (Phi) is 10.0. The molecule has 0 bridgehead atoms. The summed E-state index contributed by atoms with van der Waals surface area (Å²) in [6.45, 7) is 13.5. The number of nitrogens with zero attached hydrogens (tertiary/aromatic N) is 1. The van der Waals surface area contributed by atoms with Gasteiger partial charge >= 0.3 is 0 Å². The fraction of sp³-hybridized carbons (Fsp3) is 1.00. The van der Waals surface area contributed by atoms with Gasteiger partial charge in [-0.3, -0.25) is 0 Å². The van der Waals surface area contributed by atoms with E-state index in [1.807, 2.05) is 0 Å². The zero-order valence-electron chi connectivity index (χ0n) is 11.8. The van der Waals surface area contributed by atoms with E-state index in [1.54, 1.807) is 0 Å². The number of hydrogen-bond donors (Lipinski definition) is 1. The largest absolute Gasteiger partial charge is 0.330 e. The van der Waals surface area contributed by atoms with E-state index in [1.165, 1.54) is 32.2 Å². The second kappa shape index (κ2) is 10.1. The normalized spacial score (nSPS) is 15.4. The Morgan fingerprint density at radius 2 is 1.81 bits per heavy atom. The number of unbranched alkanes of at least 4 members (excludes halogenated alkanes) is 1. The molecule has 0 amide bonds. The van der Waals surface area contributed by atoms with Gasteiger partial charge in [-0.15, -0.1) is 0 Å². The highest BCUT2D eigenvalue weighted by atomic mass is 15.1. The highest BCUT2D eigenvalue weighted by Crippen LogP contribution is 2.14. The third-order valence-electron chi connectivity index (χ3n) is 3.48. The van der Waals surface area contributed by atoms with E-state index >= 15 is 0 Å². The van der Waals surface area contributed by atoms with Gasteiger partial charge in [-0.2, -0.15) is 0 Å². The summed E-state index contributed by atoms with van der Waals surface area (Å²) in [5.74, 6) is 1.51. The Bertz CT molecular complexity index is 148. The Morgan fingerprint density at radius 1 is 1.12 bits per heavy atom. The summed E-state index contributed by atoms with van der Waals surface area (Å²) in [5.41, 5.74) is 5.69. The third-order valence-corrected chi connectivity index (χ3v) is 3.48. The van der Waals surface area contributed by atoms with Crippen LogP contribution < -0.4 is 5.73 Å². The summed E-state index contributed by atoms with van der Waals surface area (Å²) in [6, 6.07) is 0. The predicted octanol–water partition coefficient (Wildman–Crippen LogP) is 3.12. The summed E-state index contributed by atoms with van der Waals surface area (Å²) in [4.78, 5) is 2.57. The zero-order chi connectivity index (χ0) is 12.4. The molecule has 98 valence electrons. The van der Waals surface area contributed by atoms with E-state index in [4.69, 9.17) is 5.73 Å². The van der Waals surface area contributed by atoms with Gasteiger partial charge in [-0.05, 0) is 31.3 Å². The standard InChI is InChI=1S/C14H32N2/c1-5-8-9-14(6-2)12-16(7-3)11-13(4)10-15/h13-14H,5-12,15H2,1-4H3. The molecule has 0 aromatic heterocycles. The molecule has 0 rings (SSSR count). The van der Waals surface area contributed by atoms with Crippen LogP contribution in [0, 0.1) is 11.8 Å². The van der Waals surface area contributed by atoms with E-state index in [2.05, 4.69) is 32.6 Å². The lowest BCUT2D eigenvalue weighted by Crippen LogP contribution is -2.35. The Balaban J connectivity index is 3.95. The lowest BCUT2D eigenvalue weighted by atomic mass is 9.98. The smallest absolute Gasteiger partial charge is 0.00191 e. The van der Waals surface area contributed by atoms with Crippen LogP contribution in [-0.2, 0) is 0 Å². The molecule has 0 radical (unpaired) electrons. The van der Waals surface area contributed by atoms with Gasteiger partial charge in [-0.25, -0.2) is 0 Å². The first-order chi connectivity index (χ1) is 7.67. The van der Waals surface area contributed by atoms with Crippen LogP contribution in [0.3, 0.4) is 0 Å². The van der Waals surface area contributed by atoms with E-state index in [0.717, 1.165) is 25.6 Å². The average molecular weight is 228 g/mol. The van der Waals surface area contributed by atoms with E-state index in [9.17, 15) is 0 Å². The van der Waals surface area contributed by atoms with Crippen LogP contribution in [0.1, 0.15) is 53.4 Å². The molecule has 2 atom stereocenters. The van der Waals surface area contributed by atoms with Crippen molar-refractivity contribution in [2.75, 3.05) is 26.2 Å². The average Bonchev–Trinajstić information content (AvgIpc) is 2.32. The maximum absolute atomic E-state index is 5.69. The molecule has 0 aliphatic carbocycles. The monoisotopic (exact) mass is 228 g/mol. The fourth-order valence-electron chi connectivity index (χ4n) is 2.13. The first kappa shape index (κ1) is 15.9. The zero-order valence-corrected chi connectivity index (χ0v) is 11.8. The van der Waals surface area contributed by atoms with Crippen LogP contribution >= 0.6 is 0 Å². The van der Waals surface area contributed by atoms with Crippen molar-refractivity contribution < 1.29 is 0 Å². The Hall–Kier alpha value is -0.0800. The van der Waals surface area contributed by atoms with Gasteiger partial charge in [0.15, 0.2) is 0 Å². The molecule has 2 heteroatoms. The maximum Gasteiger partial charge on any atom is 0.00191 e. The van der Waals surface area contributed by atoms with Crippen LogP contribution in [0.2, 0.25) is 0 Å². The molecule has 0 fully saturated rings. The molecule has 2 unspecified atom stereocenters. The number of rotatable bonds is 10. The molecular formula is C14H32N2. The molecule has 0 saturated carbocycles. The molecule has 0 saturated heterocycles. The highest BCUT2D eigenvalue weighted by molar-refractivity contribution is 4.67. The number of hydrogen-bond acceptors (Lipinski definition) is 2. The second-order valence-corrected chi connectivity index (χ2v) is 5.11. The number of nitrogens with two attached hydrogens (primary N) is 1. The van der Waals surface area contributed by atoms with Crippen LogP contribution in [0.4, 0.5) is 0 Å². The maximum atomic E-state index is 5.69. The van der Waals surface area contributed by atoms with Crippen molar-refractivity contribution in [2.24, 2.45) is 17.6 Å². The van der Waals surface area contributed by atoms with Crippen LogP contribution in [0.5, 0.6) is 0 Å². The molecule has 2 N–H and O–H groups in total. The van der Waals surface area contributed by atoms with Gasteiger partial charge < -0.3 is 10.6 Å². The molecule has 0 aliphatic heterocycles. The van der Waals surface area contributed by atoms with Crippen LogP contribution in [0.25, 0.3) is 0 Å². The summed E-state index contributed by atoms with van der Waals surface area (Å²) in [6.07, 6.45) is 5.40. The third kappa shape index (κ3) is 7.24. The molecule has 0 aliphatic rings. The van der Waals surface area contributed by atoms with Crippen molar-refractivity contribution in [3.05, 3.63) is 0 Å². The van der Waals surface area contributed by atoms with E-state index in [-0.39, 0.29) is 0 Å².